The average molecular weight is 345 g/mol. The lowest BCUT2D eigenvalue weighted by Crippen LogP contribution is -2.28. The van der Waals surface area contributed by atoms with Crippen molar-refractivity contribution in [1.82, 2.24) is 10.3 Å². The number of sulfonamides is 1. The standard InChI is InChI=1S/C17H19N3O3S/c1-17(2)14(11-5-7-13(8-6-11)24(18,22)23)15(17)20-16(21)12-4-3-9-19-10-12/h3-10,14-15H,1-2H3,(H,20,21)(H2,18,22,23). The summed E-state index contributed by atoms with van der Waals surface area (Å²) in [7, 11) is -3.70. The minimum Gasteiger partial charge on any atom is -0.348 e. The van der Waals surface area contributed by atoms with E-state index in [1.165, 1.54) is 18.3 Å². The smallest absolute Gasteiger partial charge is 0.253 e. The van der Waals surface area contributed by atoms with Crippen LogP contribution < -0.4 is 10.5 Å². The van der Waals surface area contributed by atoms with Gasteiger partial charge in [-0.05, 0) is 35.2 Å². The van der Waals surface area contributed by atoms with Crippen molar-refractivity contribution in [1.29, 1.82) is 0 Å². The fraction of sp³-hybridized carbons (Fsp3) is 0.294. The summed E-state index contributed by atoms with van der Waals surface area (Å²) in [6.07, 6.45) is 3.15. The van der Waals surface area contributed by atoms with Gasteiger partial charge in [-0.15, -0.1) is 0 Å². The van der Waals surface area contributed by atoms with Crippen molar-refractivity contribution >= 4 is 15.9 Å². The second kappa shape index (κ2) is 5.68. The fourth-order valence-corrected chi connectivity index (χ4v) is 3.63. The Bertz CT molecular complexity index is 862. The molecule has 0 bridgehead atoms. The fourth-order valence-electron chi connectivity index (χ4n) is 3.12. The minimum absolute atomic E-state index is 0.0226. The third-order valence-corrected chi connectivity index (χ3v) is 5.53. The zero-order chi connectivity index (χ0) is 17.5. The molecule has 1 fully saturated rings. The minimum atomic E-state index is -3.70. The number of carbonyl (C=O) groups is 1. The number of amides is 1. The van der Waals surface area contributed by atoms with Crippen LogP contribution in [0.4, 0.5) is 0 Å². The number of benzene rings is 1. The number of rotatable bonds is 4. The Kier molecular flexibility index (Phi) is 3.93. The molecule has 1 aliphatic carbocycles. The average Bonchev–Trinajstić information content (AvgIpc) is 3.08. The van der Waals surface area contributed by atoms with Crippen molar-refractivity contribution in [3.63, 3.8) is 0 Å². The van der Waals surface area contributed by atoms with Gasteiger partial charge >= 0.3 is 0 Å². The number of carbonyl (C=O) groups excluding carboxylic acids is 1. The molecule has 6 nitrogen and oxygen atoms in total. The van der Waals surface area contributed by atoms with Crippen molar-refractivity contribution in [3.05, 3.63) is 59.9 Å². The van der Waals surface area contributed by atoms with Crippen molar-refractivity contribution in [2.24, 2.45) is 10.6 Å². The highest BCUT2D eigenvalue weighted by atomic mass is 32.2. The zero-order valence-electron chi connectivity index (χ0n) is 13.4. The van der Waals surface area contributed by atoms with Crippen LogP contribution in [-0.4, -0.2) is 25.4 Å². The van der Waals surface area contributed by atoms with Gasteiger partial charge in [0, 0.05) is 24.4 Å². The van der Waals surface area contributed by atoms with Crippen LogP contribution in [0.3, 0.4) is 0 Å². The van der Waals surface area contributed by atoms with Crippen LogP contribution >= 0.6 is 0 Å². The lowest BCUT2D eigenvalue weighted by atomic mass is 10.0. The molecule has 2 atom stereocenters. The van der Waals surface area contributed by atoms with Crippen molar-refractivity contribution in [2.45, 2.75) is 30.7 Å². The van der Waals surface area contributed by atoms with E-state index in [1.807, 2.05) is 0 Å². The number of pyridine rings is 1. The first-order valence-electron chi connectivity index (χ1n) is 7.55. The van der Waals surface area contributed by atoms with Gasteiger partial charge in [0.05, 0.1) is 10.5 Å². The molecule has 7 heteroatoms. The van der Waals surface area contributed by atoms with E-state index in [9.17, 15) is 13.2 Å². The first kappa shape index (κ1) is 16.6. The molecule has 3 rings (SSSR count). The SMILES string of the molecule is CC1(C)C(NC(=O)c2cccnc2)C1c1ccc(S(N)(=O)=O)cc1. The predicted molar refractivity (Wildman–Crippen MR) is 89.8 cm³/mol. The summed E-state index contributed by atoms with van der Waals surface area (Å²) in [4.78, 5) is 16.3. The van der Waals surface area contributed by atoms with Crippen LogP contribution in [0.1, 0.15) is 35.7 Å². The molecule has 1 heterocycles. The number of primary sulfonamides is 1. The van der Waals surface area contributed by atoms with E-state index in [2.05, 4.69) is 24.1 Å². The van der Waals surface area contributed by atoms with Crippen LogP contribution in [-0.2, 0) is 10.0 Å². The van der Waals surface area contributed by atoms with Crippen LogP contribution in [0.15, 0.2) is 53.7 Å². The Labute approximate surface area is 141 Å². The molecule has 1 amide bonds. The number of nitrogens with one attached hydrogen (secondary N) is 1. The summed E-state index contributed by atoms with van der Waals surface area (Å²) in [5.74, 6) is -0.0440. The van der Waals surface area contributed by atoms with Gasteiger partial charge in [-0.1, -0.05) is 26.0 Å². The van der Waals surface area contributed by atoms with Gasteiger partial charge in [-0.2, -0.15) is 0 Å². The van der Waals surface area contributed by atoms with Gasteiger partial charge in [-0.3, -0.25) is 9.78 Å². The van der Waals surface area contributed by atoms with Crippen molar-refractivity contribution in [3.8, 4) is 0 Å². The van der Waals surface area contributed by atoms with E-state index in [0.717, 1.165) is 5.56 Å². The summed E-state index contributed by atoms with van der Waals surface area (Å²) in [5.41, 5.74) is 1.38. The van der Waals surface area contributed by atoms with Gasteiger partial charge < -0.3 is 5.32 Å². The predicted octanol–water partition coefficient (Wildman–Crippen LogP) is 1.65. The van der Waals surface area contributed by atoms with Gasteiger partial charge in [0.1, 0.15) is 0 Å². The van der Waals surface area contributed by atoms with E-state index in [4.69, 9.17) is 5.14 Å². The molecule has 1 saturated carbocycles. The van der Waals surface area contributed by atoms with Gasteiger partial charge in [0.25, 0.3) is 5.91 Å². The molecule has 0 spiro atoms. The Morgan fingerprint density at radius 2 is 1.88 bits per heavy atom. The Morgan fingerprint density at radius 3 is 2.42 bits per heavy atom. The van der Waals surface area contributed by atoms with E-state index < -0.39 is 10.0 Å². The monoisotopic (exact) mass is 345 g/mol. The van der Waals surface area contributed by atoms with Crippen LogP contribution in [0.2, 0.25) is 0 Å². The number of aromatic nitrogens is 1. The van der Waals surface area contributed by atoms with E-state index >= 15 is 0 Å². The highest BCUT2D eigenvalue weighted by molar-refractivity contribution is 7.89. The Hall–Kier alpha value is -2.25. The quantitative estimate of drug-likeness (QED) is 0.879. The first-order chi connectivity index (χ1) is 11.2. The maximum Gasteiger partial charge on any atom is 0.253 e. The van der Waals surface area contributed by atoms with E-state index in [1.54, 1.807) is 30.5 Å². The number of hydrogen-bond donors (Lipinski definition) is 2. The highest BCUT2D eigenvalue weighted by Crippen LogP contribution is 2.58. The highest BCUT2D eigenvalue weighted by Gasteiger charge is 2.59. The molecule has 0 aliphatic heterocycles. The maximum absolute atomic E-state index is 12.3. The van der Waals surface area contributed by atoms with Crippen molar-refractivity contribution < 1.29 is 13.2 Å². The molecule has 2 aromatic rings. The normalized spacial score (nSPS) is 22.0. The lowest BCUT2D eigenvalue weighted by Gasteiger charge is -2.05. The molecular weight excluding hydrogens is 326 g/mol. The van der Waals surface area contributed by atoms with Gasteiger partial charge in [0.2, 0.25) is 10.0 Å². The first-order valence-corrected chi connectivity index (χ1v) is 9.09. The molecule has 1 aromatic heterocycles. The molecule has 24 heavy (non-hydrogen) atoms. The molecule has 1 aliphatic rings. The number of hydrogen-bond acceptors (Lipinski definition) is 4. The molecular formula is C17H19N3O3S. The Morgan fingerprint density at radius 1 is 1.21 bits per heavy atom. The van der Waals surface area contributed by atoms with Crippen LogP contribution in [0.25, 0.3) is 0 Å². The molecule has 1 aromatic carbocycles. The third-order valence-electron chi connectivity index (χ3n) is 4.61. The topological polar surface area (TPSA) is 102 Å². The van der Waals surface area contributed by atoms with Crippen LogP contribution in [0.5, 0.6) is 0 Å². The lowest BCUT2D eigenvalue weighted by molar-refractivity contribution is 0.0945. The van der Waals surface area contributed by atoms with Gasteiger partial charge in [-0.25, -0.2) is 13.6 Å². The molecule has 126 valence electrons. The third kappa shape index (κ3) is 3.05. The summed E-state index contributed by atoms with van der Waals surface area (Å²) >= 11 is 0. The largest absolute Gasteiger partial charge is 0.348 e. The maximum atomic E-state index is 12.3. The van der Waals surface area contributed by atoms with Crippen LogP contribution in [0, 0.1) is 5.41 Å². The number of nitrogens with two attached hydrogens (primary N) is 1. The summed E-state index contributed by atoms with van der Waals surface area (Å²) in [5, 5.41) is 8.15. The van der Waals surface area contributed by atoms with Gasteiger partial charge in [0.15, 0.2) is 0 Å². The van der Waals surface area contributed by atoms with Crippen molar-refractivity contribution in [2.75, 3.05) is 0 Å². The molecule has 3 N–H and O–H groups in total. The number of nitrogens with zero attached hydrogens (tertiary/aromatic N) is 1. The van der Waals surface area contributed by atoms with E-state index in [-0.39, 0.29) is 28.2 Å². The second-order valence-corrected chi connectivity index (χ2v) is 8.17. The summed E-state index contributed by atoms with van der Waals surface area (Å²) < 4.78 is 22.7. The second-order valence-electron chi connectivity index (χ2n) is 6.61. The Balaban J connectivity index is 1.77. The molecule has 0 radical (unpaired) electrons. The molecule has 2 unspecified atom stereocenters. The summed E-state index contributed by atoms with van der Waals surface area (Å²) in [6, 6.07) is 9.91. The zero-order valence-corrected chi connectivity index (χ0v) is 14.2. The van der Waals surface area contributed by atoms with E-state index in [0.29, 0.717) is 5.56 Å². The molecule has 0 saturated heterocycles. The summed E-state index contributed by atoms with van der Waals surface area (Å²) in [6.45, 7) is 4.14.